The number of ether oxygens (including phenoxy) is 1. The van der Waals surface area contributed by atoms with Crippen molar-refractivity contribution in [2.24, 2.45) is 11.3 Å². The van der Waals surface area contributed by atoms with Gasteiger partial charge in [0.05, 0.1) is 6.61 Å². The van der Waals surface area contributed by atoms with Crippen molar-refractivity contribution < 1.29 is 4.74 Å². The van der Waals surface area contributed by atoms with Crippen LogP contribution < -0.4 is 0 Å². The molecule has 1 fully saturated rings. The van der Waals surface area contributed by atoms with Gasteiger partial charge >= 0.3 is 0 Å². The molecule has 0 spiro atoms. The highest BCUT2D eigenvalue weighted by atomic mass is 16.5. The molecule has 0 unspecified atom stereocenters. The molecule has 1 rings (SSSR count). The second-order valence-corrected chi connectivity index (χ2v) is 4.74. The lowest BCUT2D eigenvalue weighted by Crippen LogP contribution is -2.27. The Hall–Kier alpha value is -0.530. The van der Waals surface area contributed by atoms with Gasteiger partial charge in [0.25, 0.3) is 0 Å². The Kier molecular flexibility index (Phi) is 3.34. The van der Waals surface area contributed by atoms with E-state index < -0.39 is 0 Å². The minimum absolute atomic E-state index is 0.396. The molecule has 0 bridgehead atoms. The van der Waals surface area contributed by atoms with Crippen LogP contribution in [-0.2, 0) is 4.74 Å². The minimum Gasteiger partial charge on any atom is -0.481 e. The average molecular weight is 183 g/mol. The quantitative estimate of drug-likeness (QED) is 0.517. The zero-order valence-electron chi connectivity index (χ0n) is 9.02. The number of rotatable bonds is 2. The van der Waals surface area contributed by atoms with E-state index in [4.69, 9.17) is 10.1 Å². The van der Waals surface area contributed by atoms with Crippen LogP contribution in [-0.4, -0.2) is 12.5 Å². The van der Waals surface area contributed by atoms with Crippen LogP contribution in [0, 0.1) is 16.7 Å². The predicted molar refractivity (Wildman–Crippen MR) is 55.1 cm³/mol. The lowest BCUT2D eigenvalue weighted by molar-refractivity contribution is 0.196. The van der Waals surface area contributed by atoms with E-state index in [1.54, 1.807) is 0 Å². The van der Waals surface area contributed by atoms with E-state index in [0.29, 0.717) is 23.8 Å². The normalized spacial score (nSPS) is 22.7. The molecule has 1 N–H and O–H groups in total. The van der Waals surface area contributed by atoms with Gasteiger partial charge in [-0.05, 0) is 38.0 Å². The Labute approximate surface area is 81.2 Å². The van der Waals surface area contributed by atoms with Gasteiger partial charge in [-0.25, -0.2) is 0 Å². The SMILES string of the molecule is CCOC(=N)C1CCC(C)(C)CC1. The van der Waals surface area contributed by atoms with E-state index in [2.05, 4.69) is 13.8 Å². The van der Waals surface area contributed by atoms with Crippen molar-refractivity contribution in [1.29, 1.82) is 5.41 Å². The Bertz CT molecular complexity index is 177. The van der Waals surface area contributed by atoms with Crippen LogP contribution in [0.25, 0.3) is 0 Å². The van der Waals surface area contributed by atoms with E-state index in [1.807, 2.05) is 6.92 Å². The molecule has 76 valence electrons. The van der Waals surface area contributed by atoms with Crippen molar-refractivity contribution in [3.05, 3.63) is 0 Å². The van der Waals surface area contributed by atoms with E-state index in [0.717, 1.165) is 12.8 Å². The summed E-state index contributed by atoms with van der Waals surface area (Å²) in [5.74, 6) is 0.908. The highest BCUT2D eigenvalue weighted by molar-refractivity contribution is 5.75. The van der Waals surface area contributed by atoms with Crippen molar-refractivity contribution in [3.8, 4) is 0 Å². The molecular formula is C11H21NO. The lowest BCUT2D eigenvalue weighted by Gasteiger charge is -2.33. The minimum atomic E-state index is 0.396. The molecule has 0 saturated heterocycles. The van der Waals surface area contributed by atoms with Gasteiger partial charge in [0.1, 0.15) is 0 Å². The molecule has 1 saturated carbocycles. The maximum atomic E-state index is 7.69. The van der Waals surface area contributed by atoms with Crippen molar-refractivity contribution in [3.63, 3.8) is 0 Å². The summed E-state index contributed by atoms with van der Waals surface area (Å²) in [6, 6.07) is 0. The standard InChI is InChI=1S/C11H21NO/c1-4-13-10(12)9-5-7-11(2,3)8-6-9/h9,12H,4-8H2,1-3H3. The lowest BCUT2D eigenvalue weighted by atomic mass is 9.73. The summed E-state index contributed by atoms with van der Waals surface area (Å²) in [5.41, 5.74) is 0.489. The van der Waals surface area contributed by atoms with Gasteiger partial charge in [-0.1, -0.05) is 13.8 Å². The van der Waals surface area contributed by atoms with Crippen molar-refractivity contribution in [2.75, 3.05) is 6.61 Å². The molecule has 0 aromatic heterocycles. The molecule has 0 aromatic rings. The Morgan fingerprint density at radius 3 is 2.38 bits per heavy atom. The topological polar surface area (TPSA) is 33.1 Å². The smallest absolute Gasteiger partial charge is 0.183 e. The maximum Gasteiger partial charge on any atom is 0.183 e. The summed E-state index contributed by atoms with van der Waals surface area (Å²) in [6.07, 6.45) is 4.72. The van der Waals surface area contributed by atoms with Crippen LogP contribution in [0.5, 0.6) is 0 Å². The van der Waals surface area contributed by atoms with Gasteiger partial charge in [0.15, 0.2) is 5.90 Å². The predicted octanol–water partition coefficient (Wildman–Crippen LogP) is 3.22. The summed E-state index contributed by atoms with van der Waals surface area (Å²) >= 11 is 0. The van der Waals surface area contributed by atoms with Gasteiger partial charge in [-0.3, -0.25) is 5.41 Å². The second-order valence-electron chi connectivity index (χ2n) is 4.74. The molecule has 2 nitrogen and oxygen atoms in total. The summed E-state index contributed by atoms with van der Waals surface area (Å²) in [5, 5.41) is 7.69. The molecule has 13 heavy (non-hydrogen) atoms. The van der Waals surface area contributed by atoms with Crippen molar-refractivity contribution >= 4 is 5.90 Å². The van der Waals surface area contributed by atoms with E-state index in [-0.39, 0.29) is 0 Å². The van der Waals surface area contributed by atoms with Gasteiger partial charge in [-0.15, -0.1) is 0 Å². The zero-order chi connectivity index (χ0) is 9.90. The first-order valence-electron chi connectivity index (χ1n) is 5.26. The molecule has 0 atom stereocenters. The Morgan fingerprint density at radius 1 is 1.38 bits per heavy atom. The van der Waals surface area contributed by atoms with Gasteiger partial charge in [-0.2, -0.15) is 0 Å². The molecule has 2 heteroatoms. The third-order valence-corrected chi connectivity index (χ3v) is 3.01. The first kappa shape index (κ1) is 10.6. The monoisotopic (exact) mass is 183 g/mol. The van der Waals surface area contributed by atoms with Gasteiger partial charge in [0.2, 0.25) is 0 Å². The number of nitrogens with one attached hydrogen (secondary N) is 1. The van der Waals surface area contributed by atoms with E-state index in [1.165, 1.54) is 12.8 Å². The summed E-state index contributed by atoms with van der Waals surface area (Å²) in [4.78, 5) is 0. The van der Waals surface area contributed by atoms with Crippen LogP contribution >= 0.6 is 0 Å². The van der Waals surface area contributed by atoms with Crippen LogP contribution in [0.3, 0.4) is 0 Å². The van der Waals surface area contributed by atoms with Gasteiger partial charge < -0.3 is 4.74 Å². The molecule has 1 aliphatic carbocycles. The largest absolute Gasteiger partial charge is 0.481 e. The fourth-order valence-electron chi connectivity index (χ4n) is 1.93. The van der Waals surface area contributed by atoms with E-state index >= 15 is 0 Å². The second kappa shape index (κ2) is 4.12. The summed E-state index contributed by atoms with van der Waals surface area (Å²) in [6.45, 7) is 7.21. The third-order valence-electron chi connectivity index (χ3n) is 3.01. The number of hydrogen-bond donors (Lipinski definition) is 1. The summed E-state index contributed by atoms with van der Waals surface area (Å²) < 4.78 is 5.23. The molecule has 0 aromatic carbocycles. The van der Waals surface area contributed by atoms with Crippen LogP contribution in [0.1, 0.15) is 46.5 Å². The fourth-order valence-corrected chi connectivity index (χ4v) is 1.93. The fraction of sp³-hybridized carbons (Fsp3) is 0.909. The average Bonchev–Trinajstić information content (AvgIpc) is 2.04. The van der Waals surface area contributed by atoms with Gasteiger partial charge in [0, 0.05) is 5.92 Å². The highest BCUT2D eigenvalue weighted by Gasteiger charge is 2.29. The van der Waals surface area contributed by atoms with Crippen LogP contribution in [0.4, 0.5) is 0 Å². The molecule has 0 aliphatic heterocycles. The molecular weight excluding hydrogens is 162 g/mol. The van der Waals surface area contributed by atoms with Crippen molar-refractivity contribution in [1.82, 2.24) is 0 Å². The Balaban J connectivity index is 2.36. The Morgan fingerprint density at radius 2 is 1.92 bits per heavy atom. The van der Waals surface area contributed by atoms with Crippen molar-refractivity contribution in [2.45, 2.75) is 46.5 Å². The first-order chi connectivity index (χ1) is 6.05. The first-order valence-corrected chi connectivity index (χ1v) is 5.26. The van der Waals surface area contributed by atoms with E-state index in [9.17, 15) is 0 Å². The maximum absolute atomic E-state index is 7.69. The number of hydrogen-bond acceptors (Lipinski definition) is 2. The molecule has 0 radical (unpaired) electrons. The molecule has 0 heterocycles. The highest BCUT2D eigenvalue weighted by Crippen LogP contribution is 2.38. The van der Waals surface area contributed by atoms with Crippen LogP contribution in [0.2, 0.25) is 0 Å². The van der Waals surface area contributed by atoms with Crippen LogP contribution in [0.15, 0.2) is 0 Å². The third kappa shape index (κ3) is 3.02. The summed E-state index contributed by atoms with van der Waals surface area (Å²) in [7, 11) is 0. The molecule has 1 aliphatic rings. The zero-order valence-corrected chi connectivity index (χ0v) is 9.02. The molecule has 0 amide bonds.